The van der Waals surface area contributed by atoms with Gasteiger partial charge in [0.25, 0.3) is 0 Å². The van der Waals surface area contributed by atoms with Crippen molar-refractivity contribution in [2.75, 3.05) is 36.0 Å². The molecule has 2 aromatic rings. The van der Waals surface area contributed by atoms with E-state index in [-0.39, 0.29) is 35.3 Å². The Morgan fingerprint density at radius 2 is 1.04 bits per heavy atom. The smallest absolute Gasteiger partial charge is 0.0400 e. The van der Waals surface area contributed by atoms with Crippen molar-refractivity contribution in [3.05, 3.63) is 74.5 Å². The van der Waals surface area contributed by atoms with Gasteiger partial charge in [-0.15, -0.1) is 0 Å². The zero-order valence-electron chi connectivity index (χ0n) is 14.1. The van der Waals surface area contributed by atoms with Gasteiger partial charge in [0.05, 0.1) is 0 Å². The molecule has 3 heteroatoms. The van der Waals surface area contributed by atoms with E-state index in [1.165, 1.54) is 48.4 Å². The largest absolute Gasteiger partial charge is 0.369 e. The molecule has 2 heterocycles. The van der Waals surface area contributed by atoms with Crippen molar-refractivity contribution < 1.29 is 20.4 Å². The average Bonchev–Trinajstić information content (AvgIpc) is 3.09. The van der Waals surface area contributed by atoms with Crippen molar-refractivity contribution in [3.8, 4) is 0 Å². The Kier molecular flexibility index (Phi) is 7.32. The van der Waals surface area contributed by atoms with Gasteiger partial charge >= 0.3 is 0 Å². The molecule has 0 bridgehead atoms. The van der Waals surface area contributed by atoms with E-state index >= 15 is 0 Å². The molecule has 4 rings (SSSR count). The van der Waals surface area contributed by atoms with Crippen LogP contribution in [0.5, 0.6) is 0 Å². The Balaban J connectivity index is 0.000000882. The fourth-order valence-electron chi connectivity index (χ4n) is 3.52. The number of fused-ring (bicyclic) bond motifs is 2. The maximum atomic E-state index is 2.54. The summed E-state index contributed by atoms with van der Waals surface area (Å²) >= 11 is 0. The summed E-state index contributed by atoms with van der Waals surface area (Å²) in [6, 6.07) is 17.7. The number of rotatable bonds is 3. The number of para-hydroxylation sites is 2. The van der Waals surface area contributed by atoms with Crippen LogP contribution in [0.4, 0.5) is 11.4 Å². The van der Waals surface area contributed by atoms with Crippen LogP contribution < -0.4 is 9.80 Å². The van der Waals surface area contributed by atoms with Crippen LogP contribution in [0.15, 0.2) is 48.5 Å². The van der Waals surface area contributed by atoms with Crippen molar-refractivity contribution in [1.82, 2.24) is 0 Å². The first kappa shape index (κ1) is 19.7. The summed E-state index contributed by atoms with van der Waals surface area (Å²) in [4.78, 5) is 5.08. The molecule has 0 N–H and O–H groups in total. The molecule has 128 valence electrons. The molecule has 0 aromatic heterocycles. The summed E-state index contributed by atoms with van der Waals surface area (Å²) in [5, 5.41) is 0. The molecule has 2 aliphatic heterocycles. The third kappa shape index (κ3) is 3.79. The fraction of sp³-hybridized carbons (Fsp3) is 0.300. The molecule has 0 saturated heterocycles. The van der Waals surface area contributed by atoms with Gasteiger partial charge in [0.1, 0.15) is 0 Å². The molecule has 0 amide bonds. The van der Waals surface area contributed by atoms with Gasteiger partial charge in [0, 0.05) is 58.0 Å². The van der Waals surface area contributed by atoms with Crippen molar-refractivity contribution in [3.63, 3.8) is 0 Å². The molecule has 23 heavy (non-hydrogen) atoms. The molecule has 0 saturated carbocycles. The van der Waals surface area contributed by atoms with Gasteiger partial charge in [-0.3, -0.25) is 0 Å². The Hall–Kier alpha value is -1.30. The Bertz CT molecular complexity index is 571. The van der Waals surface area contributed by atoms with Crippen molar-refractivity contribution >= 4 is 11.4 Å². The molecule has 0 fully saturated rings. The summed E-state index contributed by atoms with van der Waals surface area (Å²) in [5.41, 5.74) is 5.91. The monoisotopic (exact) mass is 400 g/mol. The second kappa shape index (κ2) is 8.53. The summed E-state index contributed by atoms with van der Waals surface area (Å²) in [6.07, 6.45) is 2.40. The van der Waals surface area contributed by atoms with Gasteiger partial charge in [0.2, 0.25) is 0 Å². The summed E-state index contributed by atoms with van der Waals surface area (Å²) < 4.78 is 0. The van der Waals surface area contributed by atoms with Crippen LogP contribution in [0.1, 0.15) is 11.1 Å². The SMILES string of the molecule is [CH3-].[CH3-].[Pd].c1ccc2c(c1)CCN2CCN1CCc2ccccc21. The van der Waals surface area contributed by atoms with Crippen molar-refractivity contribution in [2.45, 2.75) is 12.8 Å². The maximum absolute atomic E-state index is 2.54. The van der Waals surface area contributed by atoms with Crippen LogP contribution in [0.2, 0.25) is 0 Å². The van der Waals surface area contributed by atoms with Crippen LogP contribution in [0, 0.1) is 14.9 Å². The second-order valence-electron chi connectivity index (χ2n) is 5.73. The minimum atomic E-state index is 0. The molecule has 0 unspecified atom stereocenters. The fourth-order valence-corrected chi connectivity index (χ4v) is 3.52. The first-order chi connectivity index (χ1) is 9.92. The molecule has 2 aliphatic rings. The average molecular weight is 401 g/mol. The second-order valence-corrected chi connectivity index (χ2v) is 5.73. The van der Waals surface area contributed by atoms with E-state index < -0.39 is 0 Å². The molecule has 0 aliphatic carbocycles. The standard InChI is InChI=1S/C18H20N2.2CH3.Pd/c1-3-7-17-15(5-1)9-11-19(17)13-14-20-12-10-16-6-2-4-8-18(16)20;;;/h1-8H,9-14H2;2*1H3;/q;2*-1;. The molecule has 2 aromatic carbocycles. The van der Waals surface area contributed by atoms with Crippen molar-refractivity contribution in [2.24, 2.45) is 0 Å². The number of nitrogens with zero attached hydrogens (tertiary/aromatic N) is 2. The predicted octanol–water partition coefficient (Wildman–Crippen LogP) is 4.01. The third-order valence-corrected chi connectivity index (χ3v) is 4.61. The Morgan fingerprint density at radius 3 is 1.48 bits per heavy atom. The molecule has 0 spiro atoms. The maximum Gasteiger partial charge on any atom is 0.0400 e. The minimum Gasteiger partial charge on any atom is -0.369 e. The van der Waals surface area contributed by atoms with Crippen LogP contribution in [-0.4, -0.2) is 26.2 Å². The molecular formula is C20H26N2Pd-2. The molecule has 2 nitrogen and oxygen atoms in total. The van der Waals surface area contributed by atoms with E-state index in [2.05, 4.69) is 58.3 Å². The van der Waals surface area contributed by atoms with E-state index in [0.717, 1.165) is 13.1 Å². The molecular weight excluding hydrogens is 375 g/mol. The molecule has 0 atom stereocenters. The number of hydrogen-bond donors (Lipinski definition) is 0. The van der Waals surface area contributed by atoms with E-state index in [1.807, 2.05) is 0 Å². The van der Waals surface area contributed by atoms with E-state index in [1.54, 1.807) is 0 Å². The van der Waals surface area contributed by atoms with E-state index in [4.69, 9.17) is 0 Å². The Labute approximate surface area is 155 Å². The quantitative estimate of drug-likeness (QED) is 0.567. The third-order valence-electron chi connectivity index (χ3n) is 4.61. The predicted molar refractivity (Wildman–Crippen MR) is 97.5 cm³/mol. The summed E-state index contributed by atoms with van der Waals surface area (Å²) in [7, 11) is 0. The zero-order valence-corrected chi connectivity index (χ0v) is 15.6. The zero-order chi connectivity index (χ0) is 13.4. The molecule has 0 radical (unpaired) electrons. The van der Waals surface area contributed by atoms with Crippen LogP contribution in [0.25, 0.3) is 0 Å². The summed E-state index contributed by atoms with van der Waals surface area (Å²) in [5.74, 6) is 0. The van der Waals surface area contributed by atoms with E-state index in [9.17, 15) is 0 Å². The number of anilines is 2. The van der Waals surface area contributed by atoms with Gasteiger partial charge in [0.15, 0.2) is 0 Å². The first-order valence-corrected chi connectivity index (χ1v) is 7.57. The van der Waals surface area contributed by atoms with Gasteiger partial charge in [-0.2, -0.15) is 0 Å². The minimum absolute atomic E-state index is 0. The van der Waals surface area contributed by atoms with Crippen molar-refractivity contribution in [1.29, 1.82) is 0 Å². The number of hydrogen-bond acceptors (Lipinski definition) is 2. The van der Waals surface area contributed by atoms with Crippen LogP contribution in [-0.2, 0) is 33.3 Å². The number of benzene rings is 2. The van der Waals surface area contributed by atoms with Gasteiger partial charge in [-0.1, -0.05) is 36.4 Å². The Morgan fingerprint density at radius 1 is 0.652 bits per heavy atom. The first-order valence-electron chi connectivity index (χ1n) is 7.57. The van der Waals surface area contributed by atoms with Gasteiger partial charge in [-0.05, 0) is 36.1 Å². The van der Waals surface area contributed by atoms with Gasteiger partial charge < -0.3 is 24.7 Å². The normalized spacial score (nSPS) is 14.3. The van der Waals surface area contributed by atoms with Gasteiger partial charge in [-0.25, -0.2) is 0 Å². The van der Waals surface area contributed by atoms with Crippen LogP contribution >= 0.6 is 0 Å². The van der Waals surface area contributed by atoms with E-state index in [0.29, 0.717) is 0 Å². The topological polar surface area (TPSA) is 6.48 Å². The van der Waals surface area contributed by atoms with Crippen LogP contribution in [0.3, 0.4) is 0 Å². The summed E-state index contributed by atoms with van der Waals surface area (Å²) in [6.45, 7) is 4.61.